The van der Waals surface area contributed by atoms with Crippen LogP contribution in [0.4, 0.5) is 5.69 Å². The summed E-state index contributed by atoms with van der Waals surface area (Å²) in [6, 6.07) is 6.81. The summed E-state index contributed by atoms with van der Waals surface area (Å²) in [5, 5.41) is 8.93. The first kappa shape index (κ1) is 7.79. The van der Waals surface area contributed by atoms with Gasteiger partial charge in [-0.3, -0.25) is 4.99 Å². The van der Waals surface area contributed by atoms with Gasteiger partial charge in [-0.15, -0.1) is 0 Å². The molecule has 0 aliphatic rings. The van der Waals surface area contributed by atoms with Crippen molar-refractivity contribution in [3.8, 4) is 5.75 Å². The van der Waals surface area contributed by atoms with Gasteiger partial charge in [-0.2, -0.15) is 0 Å². The summed E-state index contributed by atoms with van der Waals surface area (Å²) < 4.78 is 0. The SMILES string of the molecule is CCC=Nc1ccc(O)cc1. The van der Waals surface area contributed by atoms with Crippen molar-refractivity contribution in [3.63, 3.8) is 0 Å². The van der Waals surface area contributed by atoms with Gasteiger partial charge in [-0.05, 0) is 30.7 Å². The highest BCUT2D eigenvalue weighted by atomic mass is 16.3. The van der Waals surface area contributed by atoms with Crippen LogP contribution in [0.1, 0.15) is 13.3 Å². The fraction of sp³-hybridized carbons (Fsp3) is 0.222. The van der Waals surface area contributed by atoms with E-state index in [1.54, 1.807) is 24.3 Å². The molecule has 0 amide bonds. The zero-order valence-corrected chi connectivity index (χ0v) is 6.49. The molecular formula is C9H11NO. The Morgan fingerprint density at radius 3 is 2.55 bits per heavy atom. The molecule has 1 aromatic carbocycles. The lowest BCUT2D eigenvalue weighted by molar-refractivity contribution is 0.475. The van der Waals surface area contributed by atoms with Gasteiger partial charge < -0.3 is 5.11 Å². The van der Waals surface area contributed by atoms with Crippen LogP contribution in [0.25, 0.3) is 0 Å². The van der Waals surface area contributed by atoms with Gasteiger partial charge in [-0.1, -0.05) is 6.92 Å². The van der Waals surface area contributed by atoms with E-state index in [0.717, 1.165) is 12.1 Å². The standard InChI is InChI=1S/C9H11NO/c1-2-7-10-8-3-5-9(11)6-4-8/h3-7,11H,2H2,1H3. The van der Waals surface area contributed by atoms with E-state index in [2.05, 4.69) is 4.99 Å². The smallest absolute Gasteiger partial charge is 0.115 e. The Morgan fingerprint density at radius 1 is 1.36 bits per heavy atom. The highest BCUT2D eigenvalue weighted by molar-refractivity contribution is 5.62. The van der Waals surface area contributed by atoms with Crippen LogP contribution in [0.2, 0.25) is 0 Å². The molecule has 1 aromatic rings. The van der Waals surface area contributed by atoms with Gasteiger partial charge in [0.15, 0.2) is 0 Å². The minimum atomic E-state index is 0.278. The molecule has 0 aromatic heterocycles. The Bertz CT molecular complexity index is 238. The zero-order chi connectivity index (χ0) is 8.10. The predicted molar refractivity (Wildman–Crippen MR) is 46.5 cm³/mol. The molecule has 11 heavy (non-hydrogen) atoms. The Labute approximate surface area is 66.2 Å². The van der Waals surface area contributed by atoms with Gasteiger partial charge in [-0.25, -0.2) is 0 Å². The fourth-order valence-corrected chi connectivity index (χ4v) is 0.735. The number of aliphatic imine (C=N–C) groups is 1. The molecule has 1 N–H and O–H groups in total. The van der Waals surface area contributed by atoms with E-state index in [1.807, 2.05) is 13.1 Å². The fourth-order valence-electron chi connectivity index (χ4n) is 0.735. The second-order valence-corrected chi connectivity index (χ2v) is 2.24. The predicted octanol–water partition coefficient (Wildman–Crippen LogP) is 2.50. The first-order valence-electron chi connectivity index (χ1n) is 3.64. The number of phenolic OH excluding ortho intramolecular Hbond substituents is 1. The van der Waals surface area contributed by atoms with Crippen molar-refractivity contribution in [1.29, 1.82) is 0 Å². The average molecular weight is 149 g/mol. The largest absolute Gasteiger partial charge is 0.508 e. The van der Waals surface area contributed by atoms with E-state index in [1.165, 1.54) is 0 Å². The number of hydrogen-bond acceptors (Lipinski definition) is 2. The highest BCUT2D eigenvalue weighted by Crippen LogP contribution is 2.15. The molecule has 0 aliphatic heterocycles. The van der Waals surface area contributed by atoms with Gasteiger partial charge >= 0.3 is 0 Å². The summed E-state index contributed by atoms with van der Waals surface area (Å²) in [5.74, 6) is 0.278. The summed E-state index contributed by atoms with van der Waals surface area (Å²) in [4.78, 5) is 4.13. The first-order valence-corrected chi connectivity index (χ1v) is 3.64. The number of benzene rings is 1. The van der Waals surface area contributed by atoms with Crippen molar-refractivity contribution in [2.45, 2.75) is 13.3 Å². The minimum Gasteiger partial charge on any atom is -0.508 e. The zero-order valence-electron chi connectivity index (χ0n) is 6.49. The molecular weight excluding hydrogens is 138 g/mol. The van der Waals surface area contributed by atoms with Crippen molar-refractivity contribution in [3.05, 3.63) is 24.3 Å². The Hall–Kier alpha value is -1.31. The third-order valence-electron chi connectivity index (χ3n) is 1.27. The topological polar surface area (TPSA) is 32.6 Å². The quantitative estimate of drug-likeness (QED) is 0.644. The van der Waals surface area contributed by atoms with Crippen LogP contribution in [-0.2, 0) is 0 Å². The molecule has 0 atom stereocenters. The van der Waals surface area contributed by atoms with Crippen molar-refractivity contribution < 1.29 is 5.11 Å². The van der Waals surface area contributed by atoms with Gasteiger partial charge in [0.05, 0.1) is 5.69 Å². The van der Waals surface area contributed by atoms with Crippen molar-refractivity contribution in [1.82, 2.24) is 0 Å². The average Bonchev–Trinajstić information content (AvgIpc) is 2.04. The maximum absolute atomic E-state index is 8.93. The van der Waals surface area contributed by atoms with Crippen molar-refractivity contribution >= 4 is 11.9 Å². The molecule has 0 radical (unpaired) electrons. The van der Waals surface area contributed by atoms with Crippen LogP contribution in [0, 0.1) is 0 Å². The van der Waals surface area contributed by atoms with Crippen LogP contribution in [0.15, 0.2) is 29.3 Å². The number of aromatic hydroxyl groups is 1. The third kappa shape index (κ3) is 2.42. The second-order valence-electron chi connectivity index (χ2n) is 2.24. The molecule has 58 valence electrons. The van der Waals surface area contributed by atoms with E-state index in [-0.39, 0.29) is 5.75 Å². The van der Waals surface area contributed by atoms with Crippen LogP contribution in [0.5, 0.6) is 5.75 Å². The lowest BCUT2D eigenvalue weighted by Crippen LogP contribution is -1.68. The lowest BCUT2D eigenvalue weighted by Gasteiger charge is -1.92. The molecule has 2 nitrogen and oxygen atoms in total. The molecule has 0 saturated heterocycles. The molecule has 0 aliphatic carbocycles. The summed E-state index contributed by atoms with van der Waals surface area (Å²) in [6.07, 6.45) is 2.77. The first-order chi connectivity index (χ1) is 5.33. The number of nitrogens with zero attached hydrogens (tertiary/aromatic N) is 1. The maximum atomic E-state index is 8.93. The van der Waals surface area contributed by atoms with E-state index in [4.69, 9.17) is 5.11 Å². The van der Waals surface area contributed by atoms with Crippen molar-refractivity contribution in [2.24, 2.45) is 4.99 Å². The van der Waals surface area contributed by atoms with E-state index < -0.39 is 0 Å². The molecule has 2 heteroatoms. The molecule has 0 unspecified atom stereocenters. The Kier molecular flexibility index (Phi) is 2.66. The third-order valence-corrected chi connectivity index (χ3v) is 1.27. The monoisotopic (exact) mass is 149 g/mol. The van der Waals surface area contributed by atoms with Gasteiger partial charge in [0.2, 0.25) is 0 Å². The highest BCUT2D eigenvalue weighted by Gasteiger charge is 1.86. The summed E-state index contributed by atoms with van der Waals surface area (Å²) in [6.45, 7) is 2.03. The van der Waals surface area contributed by atoms with Crippen LogP contribution in [0.3, 0.4) is 0 Å². The van der Waals surface area contributed by atoms with E-state index in [9.17, 15) is 0 Å². The summed E-state index contributed by atoms with van der Waals surface area (Å²) >= 11 is 0. The maximum Gasteiger partial charge on any atom is 0.115 e. The van der Waals surface area contributed by atoms with Crippen LogP contribution in [-0.4, -0.2) is 11.3 Å². The molecule has 0 fully saturated rings. The van der Waals surface area contributed by atoms with Gasteiger partial charge in [0, 0.05) is 6.21 Å². The van der Waals surface area contributed by atoms with E-state index >= 15 is 0 Å². The lowest BCUT2D eigenvalue weighted by atomic mass is 10.3. The Balaban J connectivity index is 2.73. The number of rotatable bonds is 2. The molecule has 0 bridgehead atoms. The molecule has 0 heterocycles. The number of phenols is 1. The molecule has 1 rings (SSSR count). The van der Waals surface area contributed by atoms with Crippen LogP contribution >= 0.6 is 0 Å². The van der Waals surface area contributed by atoms with Crippen molar-refractivity contribution in [2.75, 3.05) is 0 Å². The van der Waals surface area contributed by atoms with Gasteiger partial charge in [0.25, 0.3) is 0 Å². The van der Waals surface area contributed by atoms with E-state index in [0.29, 0.717) is 0 Å². The minimum absolute atomic E-state index is 0.278. The van der Waals surface area contributed by atoms with Gasteiger partial charge in [0.1, 0.15) is 5.75 Å². The number of hydrogen-bond donors (Lipinski definition) is 1. The molecule has 0 saturated carbocycles. The molecule has 0 spiro atoms. The summed E-state index contributed by atoms with van der Waals surface area (Å²) in [7, 11) is 0. The van der Waals surface area contributed by atoms with Crippen LogP contribution < -0.4 is 0 Å². The normalized spacial score (nSPS) is 10.6. The second kappa shape index (κ2) is 3.76. The summed E-state index contributed by atoms with van der Waals surface area (Å²) in [5.41, 5.74) is 0.879. The Morgan fingerprint density at radius 2 is 2.00 bits per heavy atom.